The van der Waals surface area contributed by atoms with Crippen LogP contribution >= 0.6 is 11.3 Å². The third-order valence-corrected chi connectivity index (χ3v) is 3.87. The summed E-state index contributed by atoms with van der Waals surface area (Å²) in [6.07, 6.45) is 3.58. The van der Waals surface area contributed by atoms with Gasteiger partial charge in [0.2, 0.25) is 0 Å². The molecule has 6 nitrogen and oxygen atoms in total. The Morgan fingerprint density at radius 1 is 1.24 bits per heavy atom. The van der Waals surface area contributed by atoms with Crippen LogP contribution in [0.2, 0.25) is 0 Å². The molecule has 3 heterocycles. The van der Waals surface area contributed by atoms with Gasteiger partial charge in [-0.15, -0.1) is 21.5 Å². The second-order valence-electron chi connectivity index (χ2n) is 4.57. The fourth-order valence-electron chi connectivity index (χ4n) is 1.84. The van der Waals surface area contributed by atoms with E-state index in [2.05, 4.69) is 20.6 Å². The summed E-state index contributed by atoms with van der Waals surface area (Å²) in [7, 11) is 1.84. The van der Waals surface area contributed by atoms with Crippen molar-refractivity contribution in [2.45, 2.75) is 6.92 Å². The minimum Gasteiger partial charge on any atom is -0.304 e. The zero-order valence-electron chi connectivity index (χ0n) is 11.6. The van der Waals surface area contributed by atoms with Gasteiger partial charge in [-0.25, -0.2) is 0 Å². The molecule has 0 aliphatic rings. The lowest BCUT2D eigenvalue weighted by Gasteiger charge is -2.02. The maximum atomic E-state index is 12.0. The molecule has 0 aromatic carbocycles. The van der Waals surface area contributed by atoms with E-state index in [1.165, 1.54) is 11.3 Å². The molecule has 0 saturated heterocycles. The van der Waals surface area contributed by atoms with E-state index in [9.17, 15) is 4.79 Å². The van der Waals surface area contributed by atoms with Gasteiger partial charge >= 0.3 is 0 Å². The standard InChI is InChI=1S/C14H13N5OS/c1-9-3-5-12(21-9)14(20)16-13-6-4-11(17-18-13)10-7-15-19(2)8-10/h3-8H,1-2H3,(H,16,18,20). The SMILES string of the molecule is Cc1ccc(C(=O)Nc2ccc(-c3cnn(C)c3)nn2)s1. The first-order chi connectivity index (χ1) is 10.1. The number of hydrogen-bond acceptors (Lipinski definition) is 5. The minimum absolute atomic E-state index is 0.170. The quantitative estimate of drug-likeness (QED) is 0.806. The number of anilines is 1. The van der Waals surface area contributed by atoms with E-state index >= 15 is 0 Å². The third-order valence-electron chi connectivity index (χ3n) is 2.87. The van der Waals surface area contributed by atoms with Gasteiger partial charge in [-0.3, -0.25) is 9.48 Å². The van der Waals surface area contributed by atoms with E-state index < -0.39 is 0 Å². The van der Waals surface area contributed by atoms with Crippen molar-refractivity contribution < 1.29 is 4.79 Å². The van der Waals surface area contributed by atoms with Crippen molar-refractivity contribution in [1.29, 1.82) is 0 Å². The third kappa shape index (κ3) is 2.97. The monoisotopic (exact) mass is 299 g/mol. The molecule has 3 aromatic heterocycles. The van der Waals surface area contributed by atoms with E-state index in [-0.39, 0.29) is 5.91 Å². The maximum absolute atomic E-state index is 12.0. The molecule has 0 fully saturated rings. The van der Waals surface area contributed by atoms with Gasteiger partial charge in [0.1, 0.15) is 0 Å². The molecule has 1 N–H and O–H groups in total. The van der Waals surface area contributed by atoms with Crippen LogP contribution in [0.1, 0.15) is 14.5 Å². The van der Waals surface area contributed by atoms with Crippen LogP contribution in [0, 0.1) is 6.92 Å². The van der Waals surface area contributed by atoms with Crippen molar-refractivity contribution >= 4 is 23.1 Å². The summed E-state index contributed by atoms with van der Waals surface area (Å²) in [5.74, 6) is 0.259. The van der Waals surface area contributed by atoms with Gasteiger partial charge < -0.3 is 5.32 Å². The summed E-state index contributed by atoms with van der Waals surface area (Å²) in [5, 5.41) is 14.9. The zero-order chi connectivity index (χ0) is 14.8. The number of aromatic nitrogens is 4. The molecular formula is C14H13N5OS. The Hall–Kier alpha value is -2.54. The smallest absolute Gasteiger partial charge is 0.266 e. The van der Waals surface area contributed by atoms with Gasteiger partial charge in [0, 0.05) is 23.7 Å². The number of rotatable bonds is 3. The van der Waals surface area contributed by atoms with Crippen LogP contribution in [0.15, 0.2) is 36.7 Å². The number of carbonyl (C=O) groups excluding carboxylic acids is 1. The Bertz CT molecular complexity index is 775. The fraction of sp³-hybridized carbons (Fsp3) is 0.143. The zero-order valence-corrected chi connectivity index (χ0v) is 12.4. The normalized spacial score (nSPS) is 10.6. The summed E-state index contributed by atoms with van der Waals surface area (Å²) >= 11 is 1.45. The molecule has 0 unspecified atom stereocenters. The molecule has 3 rings (SSSR count). The highest BCUT2D eigenvalue weighted by molar-refractivity contribution is 7.14. The van der Waals surface area contributed by atoms with E-state index in [1.807, 2.05) is 26.2 Å². The molecule has 0 radical (unpaired) electrons. The first-order valence-electron chi connectivity index (χ1n) is 6.32. The van der Waals surface area contributed by atoms with Crippen molar-refractivity contribution in [3.05, 3.63) is 46.4 Å². The maximum Gasteiger partial charge on any atom is 0.266 e. The molecule has 0 saturated carbocycles. The van der Waals surface area contributed by atoms with Crippen LogP contribution in [0.4, 0.5) is 5.82 Å². The predicted octanol–water partition coefficient (Wildman–Crippen LogP) is 2.50. The van der Waals surface area contributed by atoms with Crippen molar-refractivity contribution in [2.75, 3.05) is 5.32 Å². The Morgan fingerprint density at radius 3 is 2.67 bits per heavy atom. The van der Waals surface area contributed by atoms with Crippen molar-refractivity contribution in [2.24, 2.45) is 7.05 Å². The lowest BCUT2D eigenvalue weighted by atomic mass is 10.2. The molecular weight excluding hydrogens is 286 g/mol. The van der Waals surface area contributed by atoms with Crippen LogP contribution in [-0.2, 0) is 7.05 Å². The molecule has 0 spiro atoms. The van der Waals surface area contributed by atoms with Crippen molar-refractivity contribution in [3.63, 3.8) is 0 Å². The number of amides is 1. The average Bonchev–Trinajstić information content (AvgIpc) is 3.08. The lowest BCUT2D eigenvalue weighted by molar-refractivity contribution is 0.103. The van der Waals surface area contributed by atoms with Crippen LogP contribution in [-0.4, -0.2) is 25.9 Å². The van der Waals surface area contributed by atoms with Gasteiger partial charge in [-0.05, 0) is 31.2 Å². The topological polar surface area (TPSA) is 72.7 Å². The fourth-order valence-corrected chi connectivity index (χ4v) is 2.60. The second kappa shape index (κ2) is 5.45. The summed E-state index contributed by atoms with van der Waals surface area (Å²) < 4.78 is 1.70. The van der Waals surface area contributed by atoms with Crippen LogP contribution in [0.5, 0.6) is 0 Å². The summed E-state index contributed by atoms with van der Waals surface area (Å²) in [6.45, 7) is 1.96. The second-order valence-corrected chi connectivity index (χ2v) is 5.86. The largest absolute Gasteiger partial charge is 0.304 e. The highest BCUT2D eigenvalue weighted by atomic mass is 32.1. The molecule has 0 bridgehead atoms. The first-order valence-corrected chi connectivity index (χ1v) is 7.14. The molecule has 106 valence electrons. The van der Waals surface area contributed by atoms with E-state index in [1.54, 1.807) is 29.1 Å². The number of nitrogens with one attached hydrogen (secondary N) is 1. The van der Waals surface area contributed by atoms with Crippen LogP contribution in [0.3, 0.4) is 0 Å². The number of nitrogens with zero attached hydrogens (tertiary/aromatic N) is 4. The summed E-state index contributed by atoms with van der Waals surface area (Å²) in [6, 6.07) is 7.25. The highest BCUT2D eigenvalue weighted by Crippen LogP contribution is 2.18. The van der Waals surface area contributed by atoms with Gasteiger partial charge in [0.05, 0.1) is 16.8 Å². The van der Waals surface area contributed by atoms with E-state index in [0.29, 0.717) is 16.4 Å². The van der Waals surface area contributed by atoms with Gasteiger partial charge in [0.15, 0.2) is 5.82 Å². The van der Waals surface area contributed by atoms with E-state index in [0.717, 1.165) is 10.4 Å². The number of aryl methyl sites for hydroxylation is 2. The predicted molar refractivity (Wildman–Crippen MR) is 81.2 cm³/mol. The summed E-state index contributed by atoms with van der Waals surface area (Å²) in [4.78, 5) is 13.8. The minimum atomic E-state index is -0.170. The summed E-state index contributed by atoms with van der Waals surface area (Å²) in [5.41, 5.74) is 1.60. The number of thiophene rings is 1. The Balaban J connectivity index is 1.74. The van der Waals surface area contributed by atoms with Crippen molar-refractivity contribution in [3.8, 4) is 11.3 Å². The molecule has 0 aliphatic heterocycles. The number of hydrogen-bond donors (Lipinski definition) is 1. The van der Waals surface area contributed by atoms with Gasteiger partial charge in [-0.2, -0.15) is 5.10 Å². The Labute approximate surface area is 125 Å². The van der Waals surface area contributed by atoms with Gasteiger partial charge in [0.25, 0.3) is 5.91 Å². The molecule has 21 heavy (non-hydrogen) atoms. The highest BCUT2D eigenvalue weighted by Gasteiger charge is 2.10. The Kier molecular flexibility index (Phi) is 3.49. The Morgan fingerprint density at radius 2 is 2.10 bits per heavy atom. The molecule has 3 aromatic rings. The lowest BCUT2D eigenvalue weighted by Crippen LogP contribution is -2.11. The number of carbonyl (C=O) groups is 1. The first kappa shape index (κ1) is 13.4. The van der Waals surface area contributed by atoms with E-state index in [4.69, 9.17) is 0 Å². The molecule has 7 heteroatoms. The average molecular weight is 299 g/mol. The molecule has 0 aliphatic carbocycles. The molecule has 0 atom stereocenters. The van der Waals surface area contributed by atoms with Gasteiger partial charge in [-0.1, -0.05) is 0 Å². The van der Waals surface area contributed by atoms with Crippen LogP contribution < -0.4 is 5.32 Å². The van der Waals surface area contributed by atoms with Crippen LogP contribution in [0.25, 0.3) is 11.3 Å². The van der Waals surface area contributed by atoms with Crippen molar-refractivity contribution in [1.82, 2.24) is 20.0 Å². The molecule has 1 amide bonds.